The second-order valence-corrected chi connectivity index (χ2v) is 5.55. The first-order valence-corrected chi connectivity index (χ1v) is 7.19. The monoisotopic (exact) mass is 294 g/mol. The van der Waals surface area contributed by atoms with Crippen LogP contribution in [0.25, 0.3) is 0 Å². The van der Waals surface area contributed by atoms with Crippen molar-refractivity contribution in [2.24, 2.45) is 11.7 Å². The first-order valence-electron chi connectivity index (χ1n) is 7.19. The van der Waals surface area contributed by atoms with Crippen molar-refractivity contribution < 1.29 is 18.7 Å². The number of hydrogen-bond acceptors (Lipinski definition) is 5. The Hall–Kier alpha value is -1.82. The van der Waals surface area contributed by atoms with Crippen LogP contribution in [0.4, 0.5) is 0 Å². The van der Waals surface area contributed by atoms with Crippen LogP contribution in [0, 0.1) is 5.92 Å². The third kappa shape index (κ3) is 3.64. The van der Waals surface area contributed by atoms with Crippen molar-refractivity contribution in [3.05, 3.63) is 23.7 Å². The van der Waals surface area contributed by atoms with Gasteiger partial charge in [0.05, 0.1) is 13.2 Å². The Balaban J connectivity index is 1.91. The fraction of sp³-hybridized carbons (Fsp3) is 0.600. The van der Waals surface area contributed by atoms with Gasteiger partial charge in [0.2, 0.25) is 0 Å². The Labute approximate surface area is 124 Å². The summed E-state index contributed by atoms with van der Waals surface area (Å²) < 4.78 is 10.5. The number of hydrogen-bond donors (Lipinski definition) is 1. The standard InChI is InChI=1S/C15H22N2O4/c1-4-20-15(19)13(16)14(18)17(3)8-10-5-6-12(21-10)11-7-9(11)2/h5-6,9,11,13H,4,7-8,16H2,1-3H3. The first kappa shape index (κ1) is 15.6. The number of furan rings is 1. The molecule has 2 rings (SSSR count). The Bertz CT molecular complexity index is 525. The summed E-state index contributed by atoms with van der Waals surface area (Å²) in [5.41, 5.74) is 5.59. The van der Waals surface area contributed by atoms with E-state index in [1.807, 2.05) is 12.1 Å². The second-order valence-electron chi connectivity index (χ2n) is 5.55. The lowest BCUT2D eigenvalue weighted by Crippen LogP contribution is -2.47. The number of carbonyl (C=O) groups excluding carboxylic acids is 2. The topological polar surface area (TPSA) is 85.8 Å². The number of esters is 1. The Morgan fingerprint density at radius 1 is 1.52 bits per heavy atom. The molecular weight excluding hydrogens is 272 g/mol. The Morgan fingerprint density at radius 3 is 2.76 bits per heavy atom. The van der Waals surface area contributed by atoms with E-state index in [1.54, 1.807) is 14.0 Å². The molecule has 1 fully saturated rings. The third-order valence-corrected chi connectivity index (χ3v) is 3.73. The highest BCUT2D eigenvalue weighted by molar-refractivity contribution is 6.01. The number of rotatable bonds is 6. The number of likely N-dealkylation sites (N-methyl/N-ethyl adjacent to an activating group) is 1. The molecule has 0 radical (unpaired) electrons. The lowest BCUT2D eigenvalue weighted by Gasteiger charge is -2.19. The molecule has 116 valence electrons. The molecule has 1 aliphatic carbocycles. The van der Waals surface area contributed by atoms with Gasteiger partial charge in [0.25, 0.3) is 5.91 Å². The predicted molar refractivity (Wildman–Crippen MR) is 76.3 cm³/mol. The van der Waals surface area contributed by atoms with Gasteiger partial charge in [-0.05, 0) is 31.4 Å². The number of nitrogens with zero attached hydrogens (tertiary/aromatic N) is 1. The molecule has 0 bridgehead atoms. The van der Waals surface area contributed by atoms with Crippen LogP contribution < -0.4 is 5.73 Å². The minimum Gasteiger partial charge on any atom is -0.464 e. The zero-order chi connectivity index (χ0) is 15.6. The van der Waals surface area contributed by atoms with Gasteiger partial charge in [-0.25, -0.2) is 4.79 Å². The van der Waals surface area contributed by atoms with Crippen LogP contribution in [-0.2, 0) is 20.9 Å². The SMILES string of the molecule is CCOC(=O)C(N)C(=O)N(C)Cc1ccc(C2CC2C)o1. The van der Waals surface area contributed by atoms with Gasteiger partial charge >= 0.3 is 5.97 Å². The van der Waals surface area contributed by atoms with Gasteiger partial charge in [0.15, 0.2) is 6.04 Å². The molecule has 6 nitrogen and oxygen atoms in total. The van der Waals surface area contributed by atoms with Gasteiger partial charge in [0.1, 0.15) is 11.5 Å². The highest BCUT2D eigenvalue weighted by Crippen LogP contribution is 2.47. The molecule has 1 heterocycles. The van der Waals surface area contributed by atoms with Crippen molar-refractivity contribution in [1.29, 1.82) is 0 Å². The van der Waals surface area contributed by atoms with Crippen molar-refractivity contribution in [1.82, 2.24) is 4.90 Å². The van der Waals surface area contributed by atoms with E-state index in [0.29, 0.717) is 17.6 Å². The molecule has 0 aliphatic heterocycles. The fourth-order valence-electron chi connectivity index (χ4n) is 2.28. The molecule has 1 amide bonds. The third-order valence-electron chi connectivity index (χ3n) is 3.73. The molecule has 1 aromatic rings. The maximum Gasteiger partial charge on any atom is 0.332 e. The zero-order valence-corrected chi connectivity index (χ0v) is 12.7. The quantitative estimate of drug-likeness (QED) is 0.630. The van der Waals surface area contributed by atoms with Crippen LogP contribution in [0.5, 0.6) is 0 Å². The average Bonchev–Trinajstić information content (AvgIpc) is 2.99. The summed E-state index contributed by atoms with van der Waals surface area (Å²) in [5.74, 6) is 1.64. The molecule has 1 saturated carbocycles. The van der Waals surface area contributed by atoms with Gasteiger partial charge in [0, 0.05) is 13.0 Å². The van der Waals surface area contributed by atoms with Crippen molar-refractivity contribution in [3.8, 4) is 0 Å². The predicted octanol–water partition coefficient (Wildman–Crippen LogP) is 1.25. The summed E-state index contributed by atoms with van der Waals surface area (Å²) in [6, 6.07) is 2.53. The molecule has 1 aliphatic rings. The number of ether oxygens (including phenoxy) is 1. The van der Waals surface area contributed by atoms with E-state index >= 15 is 0 Å². The largest absolute Gasteiger partial charge is 0.464 e. The lowest BCUT2D eigenvalue weighted by atomic mass is 10.2. The number of amides is 1. The molecule has 3 atom stereocenters. The Kier molecular flexibility index (Phi) is 4.67. The fourth-order valence-corrected chi connectivity index (χ4v) is 2.28. The summed E-state index contributed by atoms with van der Waals surface area (Å²) in [6.07, 6.45) is 1.15. The van der Waals surface area contributed by atoms with E-state index < -0.39 is 17.9 Å². The number of nitrogens with two attached hydrogens (primary N) is 1. The molecule has 6 heteroatoms. The summed E-state index contributed by atoms with van der Waals surface area (Å²) in [6.45, 7) is 4.33. The molecule has 0 spiro atoms. The van der Waals surface area contributed by atoms with Crippen molar-refractivity contribution >= 4 is 11.9 Å². The molecule has 0 aromatic carbocycles. The van der Waals surface area contributed by atoms with Crippen molar-refractivity contribution in [2.75, 3.05) is 13.7 Å². The minimum absolute atomic E-state index is 0.199. The first-order chi connectivity index (χ1) is 9.93. The van der Waals surface area contributed by atoms with Crippen LogP contribution >= 0.6 is 0 Å². The maximum atomic E-state index is 12.0. The van der Waals surface area contributed by atoms with Gasteiger partial charge in [-0.1, -0.05) is 6.92 Å². The van der Waals surface area contributed by atoms with E-state index in [4.69, 9.17) is 14.9 Å². The summed E-state index contributed by atoms with van der Waals surface area (Å²) >= 11 is 0. The van der Waals surface area contributed by atoms with E-state index in [0.717, 1.165) is 12.2 Å². The van der Waals surface area contributed by atoms with E-state index in [2.05, 4.69) is 6.92 Å². The molecule has 3 unspecified atom stereocenters. The summed E-state index contributed by atoms with van der Waals surface area (Å²) in [7, 11) is 1.59. The molecule has 2 N–H and O–H groups in total. The van der Waals surface area contributed by atoms with E-state index in [-0.39, 0.29) is 13.2 Å². The summed E-state index contributed by atoms with van der Waals surface area (Å²) in [5, 5.41) is 0. The smallest absolute Gasteiger partial charge is 0.332 e. The maximum absolute atomic E-state index is 12.0. The molecule has 0 saturated heterocycles. The van der Waals surface area contributed by atoms with Crippen LogP contribution in [0.1, 0.15) is 37.7 Å². The highest BCUT2D eigenvalue weighted by Gasteiger charge is 2.36. The number of carbonyl (C=O) groups is 2. The van der Waals surface area contributed by atoms with Crippen LogP contribution in [0.2, 0.25) is 0 Å². The lowest BCUT2D eigenvalue weighted by molar-refractivity contribution is -0.150. The molecule has 1 aromatic heterocycles. The molecule has 21 heavy (non-hydrogen) atoms. The zero-order valence-electron chi connectivity index (χ0n) is 12.7. The summed E-state index contributed by atoms with van der Waals surface area (Å²) in [4.78, 5) is 24.9. The van der Waals surface area contributed by atoms with Gasteiger partial charge < -0.3 is 19.8 Å². The van der Waals surface area contributed by atoms with Gasteiger partial charge in [-0.3, -0.25) is 4.79 Å². The van der Waals surface area contributed by atoms with E-state index in [9.17, 15) is 9.59 Å². The van der Waals surface area contributed by atoms with Crippen molar-refractivity contribution in [2.45, 2.75) is 38.8 Å². The van der Waals surface area contributed by atoms with Gasteiger partial charge in [-0.15, -0.1) is 0 Å². The van der Waals surface area contributed by atoms with E-state index in [1.165, 1.54) is 4.90 Å². The Morgan fingerprint density at radius 2 is 2.19 bits per heavy atom. The van der Waals surface area contributed by atoms with Crippen LogP contribution in [0.15, 0.2) is 16.5 Å². The minimum atomic E-state index is -1.28. The second kappa shape index (κ2) is 6.30. The normalized spacial score (nSPS) is 21.7. The average molecular weight is 294 g/mol. The van der Waals surface area contributed by atoms with Crippen molar-refractivity contribution in [3.63, 3.8) is 0 Å². The van der Waals surface area contributed by atoms with Crippen LogP contribution in [-0.4, -0.2) is 36.5 Å². The van der Waals surface area contributed by atoms with Gasteiger partial charge in [-0.2, -0.15) is 0 Å². The highest BCUT2D eigenvalue weighted by atomic mass is 16.5. The van der Waals surface area contributed by atoms with Crippen LogP contribution in [0.3, 0.4) is 0 Å². The molecular formula is C15H22N2O4.